The number of nitrogens with zero attached hydrogens (tertiary/aromatic N) is 1. The highest BCUT2D eigenvalue weighted by molar-refractivity contribution is 7.98. The maximum atomic E-state index is 4.32. The van der Waals surface area contributed by atoms with Crippen LogP contribution in [0.1, 0.15) is 25.0 Å². The maximum Gasteiger partial charge on any atom is 0.0502 e. The summed E-state index contributed by atoms with van der Waals surface area (Å²) in [4.78, 5) is 4.32. The summed E-state index contributed by atoms with van der Waals surface area (Å²) in [5, 5.41) is 3.56. The lowest BCUT2D eigenvalue weighted by molar-refractivity contribution is 0.430. The molecule has 1 aliphatic heterocycles. The van der Waals surface area contributed by atoms with Gasteiger partial charge in [-0.15, -0.1) is 0 Å². The van der Waals surface area contributed by atoms with E-state index in [1.165, 1.54) is 37.3 Å². The molecule has 1 saturated heterocycles. The molecule has 1 aromatic heterocycles. The highest BCUT2D eigenvalue weighted by atomic mass is 32.2. The molecule has 0 saturated carbocycles. The summed E-state index contributed by atoms with van der Waals surface area (Å²) in [5.74, 6) is 2.26. The van der Waals surface area contributed by atoms with Gasteiger partial charge in [-0.2, -0.15) is 11.8 Å². The highest BCUT2D eigenvalue weighted by Gasteiger charge is 2.11. The average molecular weight is 222 g/mol. The molecule has 1 atom stereocenters. The summed E-state index contributed by atoms with van der Waals surface area (Å²) < 4.78 is 0. The van der Waals surface area contributed by atoms with Crippen molar-refractivity contribution < 1.29 is 0 Å². The number of rotatable bonds is 4. The Morgan fingerprint density at radius 1 is 1.40 bits per heavy atom. The summed E-state index contributed by atoms with van der Waals surface area (Å²) in [5.41, 5.74) is 1.19. The molecule has 0 unspecified atom stereocenters. The second-order valence-electron chi connectivity index (χ2n) is 3.98. The predicted molar refractivity (Wildman–Crippen MR) is 66.0 cm³/mol. The zero-order valence-corrected chi connectivity index (χ0v) is 9.80. The van der Waals surface area contributed by atoms with Crippen molar-refractivity contribution in [1.82, 2.24) is 10.3 Å². The molecular formula is C12H18N2S. The van der Waals surface area contributed by atoms with Gasteiger partial charge in [0.2, 0.25) is 0 Å². The molecule has 0 spiro atoms. The lowest BCUT2D eigenvalue weighted by Crippen LogP contribution is -2.35. The van der Waals surface area contributed by atoms with E-state index in [1.54, 1.807) is 0 Å². The Hall–Kier alpha value is -0.540. The summed E-state index contributed by atoms with van der Waals surface area (Å²) in [7, 11) is 0. The normalized spacial score (nSPS) is 21.5. The predicted octanol–water partition coefficient (Wildman–Crippen LogP) is 2.46. The Labute approximate surface area is 95.9 Å². The van der Waals surface area contributed by atoms with Gasteiger partial charge in [0.25, 0.3) is 0 Å². The van der Waals surface area contributed by atoms with Crippen LogP contribution < -0.4 is 5.32 Å². The molecule has 0 aliphatic carbocycles. The van der Waals surface area contributed by atoms with Gasteiger partial charge in [0.05, 0.1) is 5.69 Å². The van der Waals surface area contributed by atoms with Crippen LogP contribution >= 0.6 is 11.8 Å². The molecule has 2 heterocycles. The van der Waals surface area contributed by atoms with Crippen LogP contribution in [0.15, 0.2) is 24.4 Å². The Balaban J connectivity index is 1.66. The number of piperidine rings is 1. The van der Waals surface area contributed by atoms with E-state index in [9.17, 15) is 0 Å². The second kappa shape index (κ2) is 6.13. The number of hydrogen-bond acceptors (Lipinski definition) is 3. The van der Waals surface area contributed by atoms with Crippen LogP contribution in [0.25, 0.3) is 0 Å². The van der Waals surface area contributed by atoms with E-state index in [4.69, 9.17) is 0 Å². The van der Waals surface area contributed by atoms with E-state index in [0.29, 0.717) is 0 Å². The molecule has 0 aromatic carbocycles. The van der Waals surface area contributed by atoms with Crippen molar-refractivity contribution in [3.8, 4) is 0 Å². The van der Waals surface area contributed by atoms with Crippen molar-refractivity contribution in [1.29, 1.82) is 0 Å². The fourth-order valence-electron chi connectivity index (χ4n) is 1.86. The summed E-state index contributed by atoms with van der Waals surface area (Å²) in [6.07, 6.45) is 5.95. The number of nitrogens with one attached hydrogen (secondary N) is 1. The van der Waals surface area contributed by atoms with Gasteiger partial charge in [-0.3, -0.25) is 4.98 Å². The second-order valence-corrected chi connectivity index (χ2v) is 5.01. The van der Waals surface area contributed by atoms with Crippen molar-refractivity contribution in [2.75, 3.05) is 12.3 Å². The zero-order valence-electron chi connectivity index (χ0n) is 8.98. The van der Waals surface area contributed by atoms with Gasteiger partial charge >= 0.3 is 0 Å². The third-order valence-electron chi connectivity index (χ3n) is 2.71. The molecule has 15 heavy (non-hydrogen) atoms. The minimum absolute atomic E-state index is 0.729. The van der Waals surface area contributed by atoms with Gasteiger partial charge in [0.15, 0.2) is 0 Å². The molecule has 2 rings (SSSR count). The Morgan fingerprint density at radius 2 is 2.40 bits per heavy atom. The van der Waals surface area contributed by atoms with Crippen LogP contribution in [0.2, 0.25) is 0 Å². The molecule has 1 aromatic rings. The summed E-state index contributed by atoms with van der Waals surface area (Å²) >= 11 is 1.99. The number of hydrogen-bond donors (Lipinski definition) is 1. The first kappa shape index (κ1) is 11.0. The average Bonchev–Trinajstić information content (AvgIpc) is 2.32. The Kier molecular flexibility index (Phi) is 4.48. The third-order valence-corrected chi connectivity index (χ3v) is 3.85. The molecule has 1 fully saturated rings. The largest absolute Gasteiger partial charge is 0.313 e. The van der Waals surface area contributed by atoms with E-state index < -0.39 is 0 Å². The van der Waals surface area contributed by atoms with Crippen molar-refractivity contribution in [3.63, 3.8) is 0 Å². The van der Waals surface area contributed by atoms with Crippen LogP contribution in [0.5, 0.6) is 0 Å². The monoisotopic (exact) mass is 222 g/mol. The molecule has 82 valence electrons. The van der Waals surface area contributed by atoms with Gasteiger partial charge in [-0.1, -0.05) is 12.5 Å². The first-order valence-corrected chi connectivity index (χ1v) is 6.81. The zero-order chi connectivity index (χ0) is 10.3. The first-order valence-electron chi connectivity index (χ1n) is 5.66. The van der Waals surface area contributed by atoms with E-state index in [0.717, 1.165) is 11.8 Å². The minimum atomic E-state index is 0.729. The Bertz CT molecular complexity index is 270. The van der Waals surface area contributed by atoms with E-state index in [1.807, 2.05) is 24.0 Å². The van der Waals surface area contributed by atoms with Gasteiger partial charge in [0.1, 0.15) is 0 Å². The first-order chi connectivity index (χ1) is 7.45. The summed E-state index contributed by atoms with van der Waals surface area (Å²) in [6.45, 7) is 1.20. The lowest BCUT2D eigenvalue weighted by Gasteiger charge is -2.22. The number of thioether (sulfide) groups is 1. The molecule has 0 amide bonds. The van der Waals surface area contributed by atoms with Crippen LogP contribution in [0.3, 0.4) is 0 Å². The minimum Gasteiger partial charge on any atom is -0.313 e. The maximum absolute atomic E-state index is 4.32. The van der Waals surface area contributed by atoms with Crippen LogP contribution in [0, 0.1) is 0 Å². The molecule has 1 aliphatic rings. The van der Waals surface area contributed by atoms with Crippen LogP contribution in [0.4, 0.5) is 0 Å². The topological polar surface area (TPSA) is 24.9 Å². The van der Waals surface area contributed by atoms with Crippen LogP contribution in [-0.4, -0.2) is 23.3 Å². The van der Waals surface area contributed by atoms with Gasteiger partial charge in [0, 0.05) is 23.7 Å². The highest BCUT2D eigenvalue weighted by Crippen LogP contribution is 2.15. The standard InChI is InChI=1S/C12H18N2S/c1-3-7-13-11(5-1)9-15-10-12-6-2-4-8-14-12/h1,3,5,7,12,14H,2,4,6,8-10H2/t12-/m0/s1. The third kappa shape index (κ3) is 3.84. The lowest BCUT2D eigenvalue weighted by atomic mass is 10.1. The van der Waals surface area contributed by atoms with Crippen molar-refractivity contribution in [2.24, 2.45) is 0 Å². The van der Waals surface area contributed by atoms with Gasteiger partial charge in [-0.25, -0.2) is 0 Å². The number of pyridine rings is 1. The molecular weight excluding hydrogens is 204 g/mol. The van der Waals surface area contributed by atoms with Crippen molar-refractivity contribution in [3.05, 3.63) is 30.1 Å². The Morgan fingerprint density at radius 3 is 3.13 bits per heavy atom. The van der Waals surface area contributed by atoms with Gasteiger partial charge < -0.3 is 5.32 Å². The molecule has 1 N–H and O–H groups in total. The molecule has 0 radical (unpaired) electrons. The molecule has 0 bridgehead atoms. The quantitative estimate of drug-likeness (QED) is 0.847. The molecule has 2 nitrogen and oxygen atoms in total. The fraction of sp³-hybridized carbons (Fsp3) is 0.583. The van der Waals surface area contributed by atoms with Crippen LogP contribution in [-0.2, 0) is 5.75 Å². The fourth-order valence-corrected chi connectivity index (χ4v) is 2.92. The van der Waals surface area contributed by atoms with Crippen molar-refractivity contribution >= 4 is 11.8 Å². The van der Waals surface area contributed by atoms with E-state index in [-0.39, 0.29) is 0 Å². The van der Waals surface area contributed by atoms with E-state index in [2.05, 4.69) is 22.4 Å². The SMILES string of the molecule is c1ccc(CSC[C@@H]2CCCCN2)nc1. The van der Waals surface area contributed by atoms with Gasteiger partial charge in [-0.05, 0) is 31.5 Å². The smallest absolute Gasteiger partial charge is 0.0502 e. The van der Waals surface area contributed by atoms with Crippen molar-refractivity contribution in [2.45, 2.75) is 31.1 Å². The molecule has 3 heteroatoms. The number of aromatic nitrogens is 1. The van der Waals surface area contributed by atoms with E-state index >= 15 is 0 Å². The summed E-state index contributed by atoms with van der Waals surface area (Å²) in [6, 6.07) is 6.85.